The largest absolute Gasteiger partial charge is 0.392 e. The number of aliphatic hydroxyl groups is 1. The van der Waals surface area contributed by atoms with E-state index in [0.29, 0.717) is 13.0 Å². The van der Waals surface area contributed by atoms with E-state index in [-0.39, 0.29) is 12.4 Å². The van der Waals surface area contributed by atoms with Gasteiger partial charge in [0, 0.05) is 13.0 Å². The topological polar surface area (TPSA) is 38.7 Å². The second-order valence-corrected chi connectivity index (χ2v) is 3.51. The molecule has 1 rings (SSSR count). The summed E-state index contributed by atoms with van der Waals surface area (Å²) in [6.07, 6.45) is 3.37. The molecule has 0 radical (unpaired) electrons. The van der Waals surface area contributed by atoms with Crippen LogP contribution < -0.4 is 0 Å². The van der Waals surface area contributed by atoms with Crippen LogP contribution in [0, 0.1) is 11.8 Å². The average Bonchev–Trinajstić information content (AvgIpc) is 2.18. The first-order chi connectivity index (χ1) is 6.79. The molecule has 0 saturated carbocycles. The molecule has 0 aliphatic carbocycles. The van der Waals surface area contributed by atoms with Gasteiger partial charge in [0.2, 0.25) is 0 Å². The van der Waals surface area contributed by atoms with E-state index in [9.17, 15) is 0 Å². The molecule has 1 aliphatic rings. The number of hydrogen-bond donors (Lipinski definition) is 1. The molecule has 14 heavy (non-hydrogen) atoms. The van der Waals surface area contributed by atoms with Crippen molar-refractivity contribution in [3.8, 4) is 11.8 Å². The summed E-state index contributed by atoms with van der Waals surface area (Å²) in [5.41, 5.74) is 0. The fourth-order valence-electron chi connectivity index (χ4n) is 1.25. The zero-order valence-corrected chi connectivity index (χ0v) is 8.66. The SMILES string of the molecule is C[C@H](O)CC#CCO[C@H]1CCCCO1. The quantitative estimate of drug-likeness (QED) is 0.695. The number of rotatable bonds is 3. The van der Waals surface area contributed by atoms with Crippen LogP contribution in [0.25, 0.3) is 0 Å². The van der Waals surface area contributed by atoms with Gasteiger partial charge in [-0.1, -0.05) is 11.8 Å². The van der Waals surface area contributed by atoms with Crippen molar-refractivity contribution in [1.29, 1.82) is 0 Å². The molecule has 1 N–H and O–H groups in total. The molecule has 80 valence electrons. The van der Waals surface area contributed by atoms with Crippen molar-refractivity contribution in [2.45, 2.75) is 45.0 Å². The van der Waals surface area contributed by atoms with Gasteiger partial charge in [0.05, 0.1) is 6.10 Å². The van der Waals surface area contributed by atoms with E-state index < -0.39 is 0 Å². The number of aliphatic hydroxyl groups excluding tert-OH is 1. The molecule has 3 nitrogen and oxygen atoms in total. The van der Waals surface area contributed by atoms with Crippen molar-refractivity contribution in [2.75, 3.05) is 13.2 Å². The monoisotopic (exact) mass is 198 g/mol. The second kappa shape index (κ2) is 6.83. The molecule has 2 atom stereocenters. The molecule has 0 spiro atoms. The Bertz CT molecular complexity index is 196. The summed E-state index contributed by atoms with van der Waals surface area (Å²) in [5, 5.41) is 8.93. The maximum absolute atomic E-state index is 8.93. The molecule has 0 aromatic heterocycles. The van der Waals surface area contributed by atoms with Crippen LogP contribution >= 0.6 is 0 Å². The van der Waals surface area contributed by atoms with Crippen molar-refractivity contribution < 1.29 is 14.6 Å². The summed E-state index contributed by atoms with van der Waals surface area (Å²) in [5.74, 6) is 5.70. The van der Waals surface area contributed by atoms with Gasteiger partial charge in [-0.15, -0.1) is 0 Å². The van der Waals surface area contributed by atoms with Gasteiger partial charge in [0.15, 0.2) is 6.29 Å². The normalized spacial score (nSPS) is 23.7. The zero-order chi connectivity index (χ0) is 10.2. The van der Waals surface area contributed by atoms with Crippen molar-refractivity contribution in [3.63, 3.8) is 0 Å². The highest BCUT2D eigenvalue weighted by Gasteiger charge is 2.12. The Morgan fingerprint density at radius 3 is 3.00 bits per heavy atom. The van der Waals surface area contributed by atoms with Crippen LogP contribution in [-0.4, -0.2) is 30.7 Å². The molecule has 3 heteroatoms. The van der Waals surface area contributed by atoms with Crippen LogP contribution in [0.1, 0.15) is 32.6 Å². The van der Waals surface area contributed by atoms with Gasteiger partial charge in [0.1, 0.15) is 6.61 Å². The van der Waals surface area contributed by atoms with E-state index in [1.807, 2.05) is 0 Å². The summed E-state index contributed by atoms with van der Waals surface area (Å²) < 4.78 is 10.8. The highest BCUT2D eigenvalue weighted by molar-refractivity contribution is 5.00. The van der Waals surface area contributed by atoms with Crippen LogP contribution in [0.4, 0.5) is 0 Å². The summed E-state index contributed by atoms with van der Waals surface area (Å²) in [7, 11) is 0. The molecule has 0 amide bonds. The molecule has 1 aliphatic heterocycles. The van der Waals surface area contributed by atoms with Gasteiger partial charge in [-0.25, -0.2) is 0 Å². The summed E-state index contributed by atoms with van der Waals surface area (Å²) in [6.45, 7) is 2.92. The number of hydrogen-bond acceptors (Lipinski definition) is 3. The van der Waals surface area contributed by atoms with Crippen molar-refractivity contribution in [2.24, 2.45) is 0 Å². The van der Waals surface area contributed by atoms with Crippen LogP contribution in [0.15, 0.2) is 0 Å². The lowest BCUT2D eigenvalue weighted by Gasteiger charge is -2.21. The van der Waals surface area contributed by atoms with Gasteiger partial charge in [-0.05, 0) is 26.2 Å². The van der Waals surface area contributed by atoms with Crippen molar-refractivity contribution in [3.05, 3.63) is 0 Å². The van der Waals surface area contributed by atoms with Gasteiger partial charge in [-0.2, -0.15) is 0 Å². The molecular formula is C11H18O3. The van der Waals surface area contributed by atoms with E-state index in [0.717, 1.165) is 19.4 Å². The van der Waals surface area contributed by atoms with Gasteiger partial charge >= 0.3 is 0 Å². The molecular weight excluding hydrogens is 180 g/mol. The maximum Gasteiger partial charge on any atom is 0.158 e. The second-order valence-electron chi connectivity index (χ2n) is 3.51. The van der Waals surface area contributed by atoms with E-state index in [4.69, 9.17) is 14.6 Å². The fraction of sp³-hybridized carbons (Fsp3) is 0.818. The molecule has 0 aromatic carbocycles. The van der Waals surface area contributed by atoms with Gasteiger partial charge < -0.3 is 14.6 Å². The van der Waals surface area contributed by atoms with Crippen molar-refractivity contribution >= 4 is 0 Å². The first kappa shape index (κ1) is 11.5. The minimum atomic E-state index is -0.353. The van der Waals surface area contributed by atoms with Crippen molar-refractivity contribution in [1.82, 2.24) is 0 Å². The summed E-state index contributed by atoms with van der Waals surface area (Å²) in [6, 6.07) is 0. The Kier molecular flexibility index (Phi) is 5.62. The van der Waals surface area contributed by atoms with E-state index in [2.05, 4.69) is 11.8 Å². The third-order valence-electron chi connectivity index (χ3n) is 2.00. The molecule has 0 unspecified atom stereocenters. The van der Waals surface area contributed by atoms with Gasteiger partial charge in [-0.3, -0.25) is 0 Å². The van der Waals surface area contributed by atoms with Crippen LogP contribution in [0.5, 0.6) is 0 Å². The third-order valence-corrected chi connectivity index (χ3v) is 2.00. The first-order valence-electron chi connectivity index (χ1n) is 5.16. The lowest BCUT2D eigenvalue weighted by atomic mass is 10.2. The van der Waals surface area contributed by atoms with Gasteiger partial charge in [0.25, 0.3) is 0 Å². The summed E-state index contributed by atoms with van der Waals surface area (Å²) >= 11 is 0. The Balaban J connectivity index is 2.03. The third kappa shape index (κ3) is 5.23. The highest BCUT2D eigenvalue weighted by Crippen LogP contribution is 2.12. The predicted octanol–water partition coefficient (Wildman–Crippen LogP) is 1.30. The summed E-state index contributed by atoms with van der Waals surface area (Å²) in [4.78, 5) is 0. The maximum atomic E-state index is 8.93. The Hall–Kier alpha value is -0.560. The smallest absolute Gasteiger partial charge is 0.158 e. The van der Waals surface area contributed by atoms with Crippen LogP contribution in [0.2, 0.25) is 0 Å². The highest BCUT2D eigenvalue weighted by atomic mass is 16.7. The molecule has 1 fully saturated rings. The minimum absolute atomic E-state index is 0.0652. The van der Waals surface area contributed by atoms with E-state index in [1.165, 1.54) is 6.42 Å². The van der Waals surface area contributed by atoms with Crippen LogP contribution in [-0.2, 0) is 9.47 Å². The first-order valence-corrected chi connectivity index (χ1v) is 5.16. The van der Waals surface area contributed by atoms with E-state index >= 15 is 0 Å². The molecule has 0 aromatic rings. The lowest BCUT2D eigenvalue weighted by Crippen LogP contribution is -2.22. The Morgan fingerprint density at radius 2 is 2.36 bits per heavy atom. The van der Waals surface area contributed by atoms with E-state index in [1.54, 1.807) is 6.92 Å². The zero-order valence-electron chi connectivity index (χ0n) is 8.66. The molecule has 1 heterocycles. The molecule has 1 saturated heterocycles. The number of ether oxygens (including phenoxy) is 2. The molecule has 0 bridgehead atoms. The Labute approximate surface area is 85.4 Å². The fourth-order valence-corrected chi connectivity index (χ4v) is 1.25. The Morgan fingerprint density at radius 1 is 1.50 bits per heavy atom. The average molecular weight is 198 g/mol. The standard InChI is InChI=1S/C11H18O3/c1-10(12)6-2-4-8-13-11-7-3-5-9-14-11/h10-12H,3,5-9H2,1H3/t10-,11+/m0/s1. The predicted molar refractivity (Wildman–Crippen MR) is 53.6 cm³/mol. The van der Waals surface area contributed by atoms with Crippen LogP contribution in [0.3, 0.4) is 0 Å². The minimum Gasteiger partial charge on any atom is -0.392 e. The lowest BCUT2D eigenvalue weighted by molar-refractivity contribution is -0.154.